The third-order valence-electron chi connectivity index (χ3n) is 1.27. The predicted octanol–water partition coefficient (Wildman–Crippen LogP) is 1.25. The first-order valence-corrected chi connectivity index (χ1v) is 3.38. The summed E-state index contributed by atoms with van der Waals surface area (Å²) < 4.78 is 0. The van der Waals surface area contributed by atoms with Gasteiger partial charge in [0, 0.05) is 30.1 Å². The maximum atomic E-state index is 10.4. The molecule has 0 aliphatic heterocycles. The van der Waals surface area contributed by atoms with E-state index in [1.807, 2.05) is 0 Å². The van der Waals surface area contributed by atoms with Crippen LogP contribution in [0.1, 0.15) is 10.4 Å². The molecule has 3 nitrogen and oxygen atoms in total. The zero-order valence-electron chi connectivity index (χ0n) is 6.32. The smallest absolute Gasteiger partial charge is 0.335 e. The van der Waals surface area contributed by atoms with Gasteiger partial charge in [0.1, 0.15) is 0 Å². The van der Waals surface area contributed by atoms with Gasteiger partial charge in [0.05, 0.1) is 5.56 Å². The summed E-state index contributed by atoms with van der Waals surface area (Å²) in [5.41, 5.74) is 5.98. The molecular formula is C7H7NO2SZn. The molecule has 0 saturated carbocycles. The largest absolute Gasteiger partial charge is 0.478 e. The van der Waals surface area contributed by atoms with Crippen molar-refractivity contribution in [2.24, 2.45) is 0 Å². The SMILES string of the molecule is Nc1cc(C(=O)O)ccc1S.[Zn]. The standard InChI is InChI=1S/C7H7NO2S.Zn/c8-5-3-4(7(9)10)1-2-6(5)11;/h1-3,11H,8H2,(H,9,10);. The molecule has 1 aromatic rings. The van der Waals surface area contributed by atoms with Crippen molar-refractivity contribution in [1.29, 1.82) is 0 Å². The number of anilines is 1. The summed E-state index contributed by atoms with van der Waals surface area (Å²) >= 11 is 4.00. The van der Waals surface area contributed by atoms with Crippen LogP contribution in [0, 0.1) is 0 Å². The van der Waals surface area contributed by atoms with Crippen LogP contribution < -0.4 is 5.73 Å². The average molecular weight is 235 g/mol. The van der Waals surface area contributed by atoms with Gasteiger partial charge in [-0.2, -0.15) is 0 Å². The Morgan fingerprint density at radius 3 is 2.50 bits per heavy atom. The topological polar surface area (TPSA) is 63.3 Å². The Bertz CT molecular complexity index is 303. The first kappa shape index (κ1) is 11.5. The molecule has 0 aliphatic rings. The van der Waals surface area contributed by atoms with E-state index in [0.29, 0.717) is 10.6 Å². The number of aromatic carboxylic acids is 1. The molecule has 5 heteroatoms. The zero-order chi connectivity index (χ0) is 8.43. The van der Waals surface area contributed by atoms with E-state index in [-0.39, 0.29) is 25.0 Å². The van der Waals surface area contributed by atoms with Crippen molar-refractivity contribution >= 4 is 24.3 Å². The van der Waals surface area contributed by atoms with E-state index in [1.54, 1.807) is 6.07 Å². The van der Waals surface area contributed by atoms with Crippen molar-refractivity contribution in [2.45, 2.75) is 4.90 Å². The molecule has 0 aromatic heterocycles. The number of carbonyl (C=O) groups is 1. The molecule has 0 saturated heterocycles. The Hall–Kier alpha value is -0.537. The normalized spacial score (nSPS) is 8.75. The molecule has 12 heavy (non-hydrogen) atoms. The van der Waals surface area contributed by atoms with Gasteiger partial charge in [-0.1, -0.05) is 0 Å². The number of carboxylic acid groups (broad SMARTS) is 1. The summed E-state index contributed by atoms with van der Waals surface area (Å²) in [5, 5.41) is 8.52. The van der Waals surface area contributed by atoms with E-state index in [0.717, 1.165) is 0 Å². The van der Waals surface area contributed by atoms with Gasteiger partial charge in [-0.05, 0) is 18.2 Å². The Kier molecular flexibility index (Phi) is 4.28. The summed E-state index contributed by atoms with van der Waals surface area (Å²) in [6.07, 6.45) is 0. The van der Waals surface area contributed by atoms with Crippen molar-refractivity contribution in [3.05, 3.63) is 23.8 Å². The Balaban J connectivity index is 0.00000121. The minimum atomic E-state index is -0.981. The maximum Gasteiger partial charge on any atom is 0.335 e. The van der Waals surface area contributed by atoms with Gasteiger partial charge >= 0.3 is 5.97 Å². The van der Waals surface area contributed by atoms with Crippen molar-refractivity contribution in [3.8, 4) is 0 Å². The summed E-state index contributed by atoms with van der Waals surface area (Å²) in [4.78, 5) is 11.0. The molecule has 60 valence electrons. The number of nitrogens with two attached hydrogens (primary N) is 1. The molecule has 0 bridgehead atoms. The van der Waals surface area contributed by atoms with Gasteiger partial charge in [0.15, 0.2) is 0 Å². The molecule has 0 spiro atoms. The van der Waals surface area contributed by atoms with Crippen LogP contribution in [0.25, 0.3) is 0 Å². The maximum absolute atomic E-state index is 10.4. The molecule has 0 unspecified atom stereocenters. The first-order chi connectivity index (χ1) is 5.11. The number of carboxylic acids is 1. The monoisotopic (exact) mass is 233 g/mol. The zero-order valence-corrected chi connectivity index (χ0v) is 10.2. The van der Waals surface area contributed by atoms with Gasteiger partial charge in [-0.3, -0.25) is 0 Å². The van der Waals surface area contributed by atoms with E-state index in [1.165, 1.54) is 12.1 Å². The molecule has 0 amide bonds. The molecule has 0 aliphatic carbocycles. The van der Waals surface area contributed by atoms with E-state index in [9.17, 15) is 4.79 Å². The summed E-state index contributed by atoms with van der Waals surface area (Å²) in [6, 6.07) is 4.40. The molecular weight excluding hydrogens is 228 g/mol. The Labute approximate surface area is 88.1 Å². The van der Waals surface area contributed by atoms with Gasteiger partial charge in [0.2, 0.25) is 0 Å². The van der Waals surface area contributed by atoms with Gasteiger partial charge in [0.25, 0.3) is 0 Å². The van der Waals surface area contributed by atoms with Gasteiger partial charge in [-0.15, -0.1) is 12.6 Å². The molecule has 0 heterocycles. The van der Waals surface area contributed by atoms with Crippen LogP contribution in [0.15, 0.2) is 23.1 Å². The second kappa shape index (κ2) is 4.48. The van der Waals surface area contributed by atoms with Crippen LogP contribution >= 0.6 is 12.6 Å². The van der Waals surface area contributed by atoms with E-state index in [4.69, 9.17) is 10.8 Å². The minimum absolute atomic E-state index is 0. The molecule has 1 rings (SSSR count). The number of thiol groups is 1. The first-order valence-electron chi connectivity index (χ1n) is 2.93. The van der Waals surface area contributed by atoms with Crippen molar-refractivity contribution in [1.82, 2.24) is 0 Å². The Morgan fingerprint density at radius 2 is 2.08 bits per heavy atom. The van der Waals surface area contributed by atoms with E-state index < -0.39 is 5.97 Å². The van der Waals surface area contributed by atoms with Crippen LogP contribution in [0.3, 0.4) is 0 Å². The van der Waals surface area contributed by atoms with Crippen LogP contribution in [0.5, 0.6) is 0 Å². The Morgan fingerprint density at radius 1 is 1.50 bits per heavy atom. The van der Waals surface area contributed by atoms with Crippen molar-refractivity contribution in [3.63, 3.8) is 0 Å². The average Bonchev–Trinajstić information content (AvgIpc) is 1.94. The van der Waals surface area contributed by atoms with Crippen LogP contribution in [0.2, 0.25) is 0 Å². The molecule has 1 aromatic carbocycles. The quantitative estimate of drug-likeness (QED) is 0.389. The fraction of sp³-hybridized carbons (Fsp3) is 0. The second-order valence-electron chi connectivity index (χ2n) is 2.08. The van der Waals surface area contributed by atoms with E-state index in [2.05, 4.69) is 12.6 Å². The predicted molar refractivity (Wildman–Crippen MR) is 45.1 cm³/mol. The number of hydrogen-bond acceptors (Lipinski definition) is 3. The third kappa shape index (κ3) is 2.50. The number of hydrogen-bond donors (Lipinski definition) is 3. The fourth-order valence-electron chi connectivity index (χ4n) is 0.688. The molecule has 3 N–H and O–H groups in total. The van der Waals surface area contributed by atoms with Crippen molar-refractivity contribution < 1.29 is 29.4 Å². The fourth-order valence-corrected chi connectivity index (χ4v) is 0.827. The molecule has 0 fully saturated rings. The van der Waals surface area contributed by atoms with E-state index >= 15 is 0 Å². The van der Waals surface area contributed by atoms with Crippen LogP contribution in [-0.2, 0) is 19.5 Å². The van der Waals surface area contributed by atoms with Gasteiger partial charge in [-0.25, -0.2) is 4.79 Å². The minimum Gasteiger partial charge on any atom is -0.478 e. The van der Waals surface area contributed by atoms with Crippen LogP contribution in [-0.4, -0.2) is 11.1 Å². The molecule has 0 radical (unpaired) electrons. The van der Waals surface area contributed by atoms with Crippen LogP contribution in [0.4, 0.5) is 5.69 Å². The van der Waals surface area contributed by atoms with Gasteiger partial charge < -0.3 is 10.8 Å². The third-order valence-corrected chi connectivity index (χ3v) is 1.68. The molecule has 0 atom stereocenters. The number of benzene rings is 1. The summed E-state index contributed by atoms with van der Waals surface area (Å²) in [7, 11) is 0. The number of nitrogen functional groups attached to an aromatic ring is 1. The summed E-state index contributed by atoms with van der Waals surface area (Å²) in [6.45, 7) is 0. The summed E-state index contributed by atoms with van der Waals surface area (Å²) in [5.74, 6) is -0.981. The van der Waals surface area contributed by atoms with Crippen molar-refractivity contribution in [2.75, 3.05) is 5.73 Å². The number of rotatable bonds is 1. The second-order valence-corrected chi connectivity index (χ2v) is 2.56.